The van der Waals surface area contributed by atoms with Crippen LogP contribution in [0.3, 0.4) is 0 Å². The topological polar surface area (TPSA) is 36.3 Å². The zero-order chi connectivity index (χ0) is 26.0. The zero-order valence-corrected chi connectivity index (χ0v) is 23.4. The maximum atomic E-state index is 13.7. The molecule has 1 N–H and O–H groups in total. The van der Waals surface area contributed by atoms with Crippen molar-refractivity contribution in [2.45, 2.75) is 78.3 Å². The van der Waals surface area contributed by atoms with Gasteiger partial charge in [-0.1, -0.05) is 50.8 Å². The quantitative estimate of drug-likeness (QED) is 0.231. The van der Waals surface area contributed by atoms with Crippen LogP contribution in [-0.2, 0) is 13.1 Å². The summed E-state index contributed by atoms with van der Waals surface area (Å²) in [4.78, 5) is 10.1. The maximum absolute atomic E-state index is 13.7. The fraction of sp³-hybridized carbons (Fsp3) is 0.567. The van der Waals surface area contributed by atoms with Crippen molar-refractivity contribution in [3.63, 3.8) is 0 Å². The maximum Gasteiger partial charge on any atom is 0.208 e. The predicted octanol–water partition coefficient (Wildman–Crippen LogP) is 7.85. The van der Waals surface area contributed by atoms with Crippen molar-refractivity contribution in [1.29, 1.82) is 0 Å². The lowest BCUT2D eigenvalue weighted by molar-refractivity contribution is 0.223. The lowest BCUT2D eigenvalue weighted by atomic mass is 10.1. The van der Waals surface area contributed by atoms with Crippen molar-refractivity contribution in [3.05, 3.63) is 52.8 Å². The second-order valence-corrected chi connectivity index (χ2v) is 10.8. The Hall–Kier alpha value is -2.15. The fourth-order valence-electron chi connectivity index (χ4n) is 5.22. The SMILES string of the molecule is CCCCN(CCCC)Cc1ccc2nc(Nc3ccc(F)c(Cl)c3)n(CCCN3CCCCC3)c2c1. The van der Waals surface area contributed by atoms with Crippen LogP contribution in [0.5, 0.6) is 0 Å². The lowest BCUT2D eigenvalue weighted by Crippen LogP contribution is -2.31. The third-order valence-corrected chi connectivity index (χ3v) is 7.64. The first-order valence-corrected chi connectivity index (χ1v) is 14.6. The van der Waals surface area contributed by atoms with Gasteiger partial charge in [0.25, 0.3) is 0 Å². The number of fused-ring (bicyclic) bond motifs is 1. The number of likely N-dealkylation sites (tertiary alicyclic amines) is 1. The van der Waals surface area contributed by atoms with Crippen molar-refractivity contribution >= 4 is 34.3 Å². The summed E-state index contributed by atoms with van der Waals surface area (Å²) in [6.07, 6.45) is 9.93. The highest BCUT2D eigenvalue weighted by atomic mass is 35.5. The molecule has 4 rings (SSSR count). The number of nitrogens with one attached hydrogen (secondary N) is 1. The summed E-state index contributed by atoms with van der Waals surface area (Å²) in [5.41, 5.74) is 4.20. The molecule has 0 unspecified atom stereocenters. The first-order chi connectivity index (χ1) is 18.1. The van der Waals surface area contributed by atoms with Crippen molar-refractivity contribution < 1.29 is 4.39 Å². The van der Waals surface area contributed by atoms with Gasteiger partial charge < -0.3 is 14.8 Å². The van der Waals surface area contributed by atoms with Crippen LogP contribution in [0.4, 0.5) is 16.0 Å². The van der Waals surface area contributed by atoms with E-state index in [2.05, 4.69) is 51.7 Å². The van der Waals surface area contributed by atoms with Crippen LogP contribution < -0.4 is 5.32 Å². The summed E-state index contributed by atoms with van der Waals surface area (Å²) in [5.74, 6) is 0.366. The Morgan fingerprint density at radius 2 is 1.70 bits per heavy atom. The smallest absolute Gasteiger partial charge is 0.208 e. The van der Waals surface area contributed by atoms with E-state index in [4.69, 9.17) is 16.6 Å². The van der Waals surface area contributed by atoms with E-state index >= 15 is 0 Å². The van der Waals surface area contributed by atoms with Crippen molar-refractivity contribution in [2.24, 2.45) is 0 Å². The van der Waals surface area contributed by atoms with E-state index in [1.165, 1.54) is 69.7 Å². The Morgan fingerprint density at radius 1 is 0.946 bits per heavy atom. The number of aryl methyl sites for hydroxylation is 1. The number of unbranched alkanes of at least 4 members (excludes halogenated alkanes) is 2. The minimum atomic E-state index is -0.414. The molecule has 0 aliphatic carbocycles. The number of imidazole rings is 1. The Labute approximate surface area is 227 Å². The molecule has 202 valence electrons. The Bertz CT molecular complexity index is 1120. The molecule has 0 radical (unpaired) electrons. The molecule has 1 aliphatic heterocycles. The van der Waals surface area contributed by atoms with Gasteiger partial charge in [-0.05, 0) is 101 Å². The summed E-state index contributed by atoms with van der Waals surface area (Å²) >= 11 is 6.06. The third kappa shape index (κ3) is 7.92. The van der Waals surface area contributed by atoms with E-state index < -0.39 is 5.82 Å². The van der Waals surface area contributed by atoms with Gasteiger partial charge in [-0.2, -0.15) is 0 Å². The van der Waals surface area contributed by atoms with Gasteiger partial charge in [0.1, 0.15) is 5.82 Å². The largest absolute Gasteiger partial charge is 0.326 e. The zero-order valence-electron chi connectivity index (χ0n) is 22.6. The van der Waals surface area contributed by atoms with E-state index in [1.54, 1.807) is 12.1 Å². The van der Waals surface area contributed by atoms with E-state index in [1.807, 2.05) is 0 Å². The Kier molecular flexibility index (Phi) is 10.6. The first kappa shape index (κ1) is 27.9. The molecule has 2 heterocycles. The molecule has 5 nitrogen and oxygen atoms in total. The minimum absolute atomic E-state index is 0.110. The highest BCUT2D eigenvalue weighted by Crippen LogP contribution is 2.27. The van der Waals surface area contributed by atoms with Crippen molar-refractivity contribution in [1.82, 2.24) is 19.4 Å². The molecule has 1 fully saturated rings. The van der Waals surface area contributed by atoms with E-state index in [0.717, 1.165) is 61.8 Å². The number of benzene rings is 2. The molecule has 7 heteroatoms. The van der Waals surface area contributed by atoms with Crippen LogP contribution in [0.2, 0.25) is 5.02 Å². The number of anilines is 2. The summed E-state index contributed by atoms with van der Waals surface area (Å²) in [7, 11) is 0. The number of nitrogens with zero attached hydrogens (tertiary/aromatic N) is 4. The molecule has 0 atom stereocenters. The molecule has 2 aromatic carbocycles. The standard InChI is InChI=1S/C30H43ClFN5/c1-3-5-15-36(16-6-4-2)23-24-11-14-28-29(21-24)37(20-10-19-35-17-8-7-9-18-35)30(34-28)33-25-12-13-27(32)26(31)22-25/h11-14,21-22H,3-10,15-20,23H2,1-2H3,(H,33,34). The Morgan fingerprint density at radius 3 is 2.41 bits per heavy atom. The van der Waals surface area contributed by atoms with Crippen molar-refractivity contribution in [2.75, 3.05) is 38.0 Å². The number of piperidine rings is 1. The lowest BCUT2D eigenvalue weighted by Gasteiger charge is -2.26. The molecule has 0 spiro atoms. The van der Waals surface area contributed by atoms with E-state index in [9.17, 15) is 4.39 Å². The van der Waals surface area contributed by atoms with Crippen molar-refractivity contribution in [3.8, 4) is 0 Å². The first-order valence-electron chi connectivity index (χ1n) is 14.2. The molecule has 3 aromatic rings. The Balaban J connectivity index is 1.58. The van der Waals surface area contributed by atoms with Crippen LogP contribution in [0.15, 0.2) is 36.4 Å². The highest BCUT2D eigenvalue weighted by Gasteiger charge is 2.15. The average molecular weight is 528 g/mol. The van der Waals surface area contributed by atoms with Gasteiger partial charge in [-0.3, -0.25) is 4.90 Å². The van der Waals surface area contributed by atoms with Gasteiger partial charge in [0.05, 0.1) is 16.1 Å². The predicted molar refractivity (Wildman–Crippen MR) is 154 cm³/mol. The fourth-order valence-corrected chi connectivity index (χ4v) is 5.40. The van der Waals surface area contributed by atoms with Gasteiger partial charge >= 0.3 is 0 Å². The molecule has 1 saturated heterocycles. The second kappa shape index (κ2) is 14.1. The van der Waals surface area contributed by atoms with E-state index in [-0.39, 0.29) is 5.02 Å². The molecule has 0 saturated carbocycles. The van der Waals surface area contributed by atoms with Gasteiger partial charge in [0.15, 0.2) is 0 Å². The van der Waals surface area contributed by atoms with E-state index in [0.29, 0.717) is 0 Å². The van der Waals surface area contributed by atoms with Gasteiger partial charge in [-0.15, -0.1) is 0 Å². The molecule has 1 aromatic heterocycles. The molecular formula is C30H43ClFN5. The molecular weight excluding hydrogens is 485 g/mol. The normalized spacial score (nSPS) is 14.6. The monoisotopic (exact) mass is 527 g/mol. The number of hydrogen-bond acceptors (Lipinski definition) is 4. The van der Waals surface area contributed by atoms with Crippen LogP contribution in [0.1, 0.15) is 70.8 Å². The number of rotatable bonds is 14. The van der Waals surface area contributed by atoms with Crippen LogP contribution >= 0.6 is 11.6 Å². The molecule has 0 amide bonds. The van der Waals surface area contributed by atoms with Crippen LogP contribution in [0.25, 0.3) is 11.0 Å². The van der Waals surface area contributed by atoms with Gasteiger partial charge in [-0.25, -0.2) is 9.37 Å². The summed E-state index contributed by atoms with van der Waals surface area (Å²) < 4.78 is 16.0. The number of hydrogen-bond donors (Lipinski definition) is 1. The van der Waals surface area contributed by atoms with Gasteiger partial charge in [0.2, 0.25) is 5.95 Å². The minimum Gasteiger partial charge on any atom is -0.326 e. The van der Waals surface area contributed by atoms with Crippen LogP contribution in [0, 0.1) is 5.82 Å². The number of aromatic nitrogens is 2. The number of halogens is 2. The molecule has 0 bridgehead atoms. The molecule has 37 heavy (non-hydrogen) atoms. The second-order valence-electron chi connectivity index (χ2n) is 10.4. The average Bonchev–Trinajstić information content (AvgIpc) is 3.24. The summed E-state index contributed by atoms with van der Waals surface area (Å²) in [6, 6.07) is 11.4. The molecule has 1 aliphatic rings. The summed E-state index contributed by atoms with van der Waals surface area (Å²) in [5, 5.41) is 3.52. The van der Waals surface area contributed by atoms with Gasteiger partial charge in [0, 0.05) is 18.8 Å². The van der Waals surface area contributed by atoms with Crippen LogP contribution in [-0.4, -0.2) is 52.1 Å². The summed E-state index contributed by atoms with van der Waals surface area (Å²) in [6.45, 7) is 12.2. The highest BCUT2D eigenvalue weighted by molar-refractivity contribution is 6.31. The third-order valence-electron chi connectivity index (χ3n) is 7.36.